The minimum atomic E-state index is 0.498. The lowest BCUT2D eigenvalue weighted by molar-refractivity contribution is 0.237. The maximum Gasteiger partial charge on any atom is 0.125 e. The first-order chi connectivity index (χ1) is 8.16. The highest BCUT2D eigenvalue weighted by atomic mass is 35.5. The van der Waals surface area contributed by atoms with Crippen LogP contribution in [0.3, 0.4) is 0 Å². The molecule has 0 saturated carbocycles. The third-order valence-corrected chi connectivity index (χ3v) is 3.48. The van der Waals surface area contributed by atoms with Crippen molar-refractivity contribution < 1.29 is 4.74 Å². The zero-order valence-electron chi connectivity index (χ0n) is 10.6. The maximum atomic E-state index is 6.00. The second-order valence-corrected chi connectivity index (χ2v) is 5.26. The van der Waals surface area contributed by atoms with Gasteiger partial charge in [0, 0.05) is 11.1 Å². The van der Waals surface area contributed by atoms with Crippen LogP contribution in [0.25, 0.3) is 0 Å². The molecule has 1 aromatic rings. The molecule has 3 heteroatoms. The Bertz CT molecular complexity index is 363. The van der Waals surface area contributed by atoms with E-state index in [4.69, 9.17) is 16.3 Å². The van der Waals surface area contributed by atoms with Crippen LogP contribution in [-0.4, -0.2) is 19.2 Å². The van der Waals surface area contributed by atoms with Crippen molar-refractivity contribution in [2.75, 3.05) is 13.2 Å². The summed E-state index contributed by atoms with van der Waals surface area (Å²) in [6.07, 6.45) is 3.81. The number of nitrogens with one attached hydrogen (secondary N) is 1. The van der Waals surface area contributed by atoms with Crippen molar-refractivity contribution >= 4 is 11.6 Å². The van der Waals surface area contributed by atoms with Gasteiger partial charge in [0.2, 0.25) is 0 Å². The van der Waals surface area contributed by atoms with Crippen LogP contribution >= 0.6 is 11.6 Å². The molecule has 0 aliphatic carbocycles. The summed E-state index contributed by atoms with van der Waals surface area (Å²) < 4.78 is 5.94. The molecule has 1 fully saturated rings. The first kappa shape index (κ1) is 12.7. The highest BCUT2D eigenvalue weighted by Crippen LogP contribution is 2.27. The van der Waals surface area contributed by atoms with Gasteiger partial charge < -0.3 is 10.1 Å². The normalized spacial score (nSPS) is 20.3. The van der Waals surface area contributed by atoms with Gasteiger partial charge in [-0.05, 0) is 56.5 Å². The molecule has 0 spiro atoms. The minimum absolute atomic E-state index is 0.498. The molecule has 2 rings (SSSR count). The van der Waals surface area contributed by atoms with E-state index >= 15 is 0 Å². The molecule has 2 nitrogen and oxygen atoms in total. The summed E-state index contributed by atoms with van der Waals surface area (Å²) >= 11 is 6.00. The van der Waals surface area contributed by atoms with E-state index in [2.05, 4.69) is 5.32 Å². The zero-order valence-corrected chi connectivity index (χ0v) is 11.3. The molecular weight excluding hydrogens is 234 g/mol. The number of hydrogen-bond donors (Lipinski definition) is 1. The van der Waals surface area contributed by atoms with Crippen molar-refractivity contribution in [3.8, 4) is 5.75 Å². The minimum Gasteiger partial charge on any atom is -0.491 e. The highest BCUT2D eigenvalue weighted by molar-refractivity contribution is 6.30. The summed E-state index contributed by atoms with van der Waals surface area (Å²) in [5, 5.41) is 4.27. The second-order valence-electron chi connectivity index (χ2n) is 4.83. The van der Waals surface area contributed by atoms with Gasteiger partial charge in [-0.3, -0.25) is 0 Å². The Labute approximate surface area is 108 Å². The molecule has 1 saturated heterocycles. The smallest absolute Gasteiger partial charge is 0.125 e. The largest absolute Gasteiger partial charge is 0.491 e. The third-order valence-electron chi connectivity index (χ3n) is 3.27. The molecule has 0 radical (unpaired) electrons. The summed E-state index contributed by atoms with van der Waals surface area (Å²) in [5.74, 6) is 0.988. The average molecular weight is 254 g/mol. The van der Waals surface area contributed by atoms with Gasteiger partial charge in [0.15, 0.2) is 0 Å². The maximum absolute atomic E-state index is 6.00. The van der Waals surface area contributed by atoms with Crippen LogP contribution in [0, 0.1) is 13.8 Å². The fourth-order valence-electron chi connectivity index (χ4n) is 2.38. The van der Waals surface area contributed by atoms with Gasteiger partial charge in [0.05, 0.1) is 0 Å². The summed E-state index contributed by atoms with van der Waals surface area (Å²) in [6, 6.07) is 4.41. The van der Waals surface area contributed by atoms with Crippen molar-refractivity contribution in [3.63, 3.8) is 0 Å². The fraction of sp³-hybridized carbons (Fsp3) is 0.571. The Hall–Kier alpha value is -0.730. The Kier molecular flexibility index (Phi) is 4.30. The van der Waals surface area contributed by atoms with Gasteiger partial charge in [-0.15, -0.1) is 0 Å². The van der Waals surface area contributed by atoms with E-state index in [1.807, 2.05) is 26.0 Å². The molecule has 0 aromatic heterocycles. The predicted octanol–water partition coefficient (Wildman–Crippen LogP) is 3.48. The summed E-state index contributed by atoms with van der Waals surface area (Å²) in [4.78, 5) is 0. The van der Waals surface area contributed by atoms with Crippen LogP contribution in [0.2, 0.25) is 5.02 Å². The lowest BCUT2D eigenvalue weighted by Gasteiger charge is -2.24. The quantitative estimate of drug-likeness (QED) is 0.891. The Morgan fingerprint density at radius 3 is 2.59 bits per heavy atom. The molecule has 0 amide bonds. The molecule has 0 bridgehead atoms. The molecule has 94 valence electrons. The van der Waals surface area contributed by atoms with E-state index < -0.39 is 0 Å². The number of aryl methyl sites for hydroxylation is 2. The van der Waals surface area contributed by atoms with Crippen molar-refractivity contribution in [1.82, 2.24) is 5.32 Å². The zero-order chi connectivity index (χ0) is 12.3. The first-order valence-corrected chi connectivity index (χ1v) is 6.67. The van der Waals surface area contributed by atoms with E-state index in [9.17, 15) is 0 Å². The SMILES string of the molecule is Cc1cc(Cl)cc(C)c1OCC1CCCCN1. The van der Waals surface area contributed by atoms with Gasteiger partial charge in [-0.2, -0.15) is 0 Å². The summed E-state index contributed by atoms with van der Waals surface area (Å²) in [7, 11) is 0. The van der Waals surface area contributed by atoms with Crippen molar-refractivity contribution in [3.05, 3.63) is 28.3 Å². The van der Waals surface area contributed by atoms with Crippen LogP contribution < -0.4 is 10.1 Å². The Morgan fingerprint density at radius 1 is 1.29 bits per heavy atom. The number of hydrogen-bond acceptors (Lipinski definition) is 2. The lowest BCUT2D eigenvalue weighted by atomic mass is 10.1. The van der Waals surface area contributed by atoms with Gasteiger partial charge in [0.25, 0.3) is 0 Å². The van der Waals surface area contributed by atoms with Crippen molar-refractivity contribution in [1.29, 1.82) is 0 Å². The Balaban J connectivity index is 1.98. The van der Waals surface area contributed by atoms with Crippen LogP contribution in [0.5, 0.6) is 5.75 Å². The Morgan fingerprint density at radius 2 is 2.00 bits per heavy atom. The molecule has 1 aliphatic rings. The number of benzene rings is 1. The van der Waals surface area contributed by atoms with Crippen LogP contribution in [0.4, 0.5) is 0 Å². The van der Waals surface area contributed by atoms with Crippen LogP contribution in [-0.2, 0) is 0 Å². The molecule has 1 atom stereocenters. The van der Waals surface area contributed by atoms with Crippen LogP contribution in [0.1, 0.15) is 30.4 Å². The number of piperidine rings is 1. The third kappa shape index (κ3) is 3.36. The monoisotopic (exact) mass is 253 g/mol. The number of ether oxygens (including phenoxy) is 1. The van der Waals surface area contributed by atoms with E-state index in [0.29, 0.717) is 6.04 Å². The molecular formula is C14H20ClNO. The van der Waals surface area contributed by atoms with Crippen molar-refractivity contribution in [2.45, 2.75) is 39.2 Å². The predicted molar refractivity (Wildman–Crippen MR) is 72.1 cm³/mol. The number of halogens is 1. The van der Waals surface area contributed by atoms with E-state index in [1.165, 1.54) is 19.3 Å². The second kappa shape index (κ2) is 5.74. The summed E-state index contributed by atoms with van der Waals surface area (Å²) in [6.45, 7) is 5.96. The summed E-state index contributed by atoms with van der Waals surface area (Å²) in [5.41, 5.74) is 2.23. The first-order valence-electron chi connectivity index (χ1n) is 6.30. The van der Waals surface area contributed by atoms with Crippen molar-refractivity contribution in [2.24, 2.45) is 0 Å². The topological polar surface area (TPSA) is 21.3 Å². The number of rotatable bonds is 3. The van der Waals surface area contributed by atoms with E-state index in [1.54, 1.807) is 0 Å². The molecule has 1 aliphatic heterocycles. The molecule has 1 N–H and O–H groups in total. The van der Waals surface area contributed by atoms with E-state index in [0.717, 1.165) is 35.1 Å². The van der Waals surface area contributed by atoms with E-state index in [-0.39, 0.29) is 0 Å². The lowest BCUT2D eigenvalue weighted by Crippen LogP contribution is -2.38. The molecule has 1 aromatic carbocycles. The fourth-order valence-corrected chi connectivity index (χ4v) is 2.70. The standard InChI is InChI=1S/C14H20ClNO/c1-10-7-12(15)8-11(2)14(10)17-9-13-5-3-4-6-16-13/h7-8,13,16H,3-6,9H2,1-2H3. The van der Waals surface area contributed by atoms with Crippen LogP contribution in [0.15, 0.2) is 12.1 Å². The molecule has 1 heterocycles. The van der Waals surface area contributed by atoms with Gasteiger partial charge in [-0.1, -0.05) is 18.0 Å². The molecule has 1 unspecified atom stereocenters. The van der Waals surface area contributed by atoms with Gasteiger partial charge in [-0.25, -0.2) is 0 Å². The van der Waals surface area contributed by atoms with Gasteiger partial charge in [0.1, 0.15) is 12.4 Å². The van der Waals surface area contributed by atoms with Gasteiger partial charge >= 0.3 is 0 Å². The average Bonchev–Trinajstić information content (AvgIpc) is 2.29. The highest BCUT2D eigenvalue weighted by Gasteiger charge is 2.14. The molecule has 17 heavy (non-hydrogen) atoms.